The number of ether oxygens (including phenoxy) is 1. The topological polar surface area (TPSA) is 58.6 Å². The molecule has 0 radical (unpaired) electrons. The number of para-hydroxylation sites is 1. The quantitative estimate of drug-likeness (QED) is 0.918. The highest BCUT2D eigenvalue weighted by atomic mass is 16.5. The molecule has 1 aromatic carbocycles. The summed E-state index contributed by atoms with van der Waals surface area (Å²) < 4.78 is 6.00. The summed E-state index contributed by atoms with van der Waals surface area (Å²) in [5, 5.41) is 3.09. The fourth-order valence-corrected chi connectivity index (χ4v) is 3.25. The average molecular weight is 302 g/mol. The third-order valence-corrected chi connectivity index (χ3v) is 4.52. The van der Waals surface area contributed by atoms with Crippen LogP contribution in [-0.4, -0.2) is 42.5 Å². The summed E-state index contributed by atoms with van der Waals surface area (Å²) in [5.74, 6) is 0.634. The van der Waals surface area contributed by atoms with E-state index in [1.165, 1.54) is 0 Å². The lowest BCUT2D eigenvalue weighted by atomic mass is 10.1. The predicted molar refractivity (Wildman–Crippen MR) is 82.4 cm³/mol. The van der Waals surface area contributed by atoms with E-state index >= 15 is 0 Å². The first-order valence-electron chi connectivity index (χ1n) is 7.89. The first-order valence-corrected chi connectivity index (χ1v) is 7.89. The van der Waals surface area contributed by atoms with Gasteiger partial charge < -0.3 is 15.0 Å². The maximum atomic E-state index is 12.3. The van der Waals surface area contributed by atoms with E-state index in [9.17, 15) is 9.59 Å². The van der Waals surface area contributed by atoms with Gasteiger partial charge in [-0.2, -0.15) is 0 Å². The lowest BCUT2D eigenvalue weighted by Crippen LogP contribution is -2.45. The van der Waals surface area contributed by atoms with Gasteiger partial charge in [0.05, 0.1) is 12.0 Å². The number of carbonyl (C=O) groups excluding carboxylic acids is 2. The molecule has 3 unspecified atom stereocenters. The lowest BCUT2D eigenvalue weighted by molar-refractivity contribution is -0.128. The van der Waals surface area contributed by atoms with Crippen LogP contribution in [0.4, 0.5) is 0 Å². The Labute approximate surface area is 130 Å². The molecule has 0 bridgehead atoms. The third kappa shape index (κ3) is 3.24. The number of carbonyl (C=O) groups is 2. The predicted octanol–water partition coefficient (Wildman–Crippen LogP) is 1.58. The van der Waals surface area contributed by atoms with Gasteiger partial charge in [0.1, 0.15) is 11.9 Å². The Hall–Kier alpha value is -2.04. The Morgan fingerprint density at radius 1 is 1.27 bits per heavy atom. The van der Waals surface area contributed by atoms with Gasteiger partial charge in [-0.05, 0) is 31.4 Å². The van der Waals surface area contributed by atoms with Gasteiger partial charge in [0, 0.05) is 20.0 Å². The molecule has 1 aromatic rings. The second-order valence-corrected chi connectivity index (χ2v) is 6.19. The van der Waals surface area contributed by atoms with E-state index < -0.39 is 0 Å². The maximum Gasteiger partial charge on any atom is 0.225 e. The van der Waals surface area contributed by atoms with Crippen molar-refractivity contribution in [3.8, 4) is 5.75 Å². The van der Waals surface area contributed by atoms with E-state index in [-0.39, 0.29) is 29.9 Å². The molecular weight excluding hydrogens is 280 g/mol. The minimum atomic E-state index is -0.226. The summed E-state index contributed by atoms with van der Waals surface area (Å²) in [6, 6.07) is 9.74. The number of hydrogen-bond acceptors (Lipinski definition) is 3. The van der Waals surface area contributed by atoms with Crippen LogP contribution in [0, 0.1) is 5.92 Å². The van der Waals surface area contributed by atoms with Gasteiger partial charge in [0.2, 0.25) is 11.8 Å². The number of likely N-dealkylation sites (tertiary alicyclic amines) is 1. The Balaban J connectivity index is 1.57. The number of nitrogens with zero attached hydrogens (tertiary/aromatic N) is 1. The minimum absolute atomic E-state index is 0.0150. The monoisotopic (exact) mass is 302 g/mol. The number of rotatable bonds is 4. The van der Waals surface area contributed by atoms with Crippen molar-refractivity contribution in [2.75, 3.05) is 13.6 Å². The number of amides is 2. The van der Waals surface area contributed by atoms with E-state index in [2.05, 4.69) is 5.32 Å². The van der Waals surface area contributed by atoms with Crippen molar-refractivity contribution >= 4 is 11.8 Å². The van der Waals surface area contributed by atoms with Gasteiger partial charge in [-0.15, -0.1) is 0 Å². The Bertz CT molecular complexity index is 546. The van der Waals surface area contributed by atoms with E-state index in [1.54, 1.807) is 11.9 Å². The molecule has 1 aliphatic carbocycles. The molecule has 118 valence electrons. The minimum Gasteiger partial charge on any atom is -0.488 e. The van der Waals surface area contributed by atoms with Crippen LogP contribution >= 0.6 is 0 Å². The molecule has 2 aliphatic rings. The zero-order valence-electron chi connectivity index (χ0n) is 12.8. The van der Waals surface area contributed by atoms with Crippen molar-refractivity contribution in [2.24, 2.45) is 5.92 Å². The molecule has 1 heterocycles. The summed E-state index contributed by atoms with van der Waals surface area (Å²) in [6.45, 7) is 0.515. The highest BCUT2D eigenvalue weighted by molar-refractivity contribution is 5.89. The van der Waals surface area contributed by atoms with Crippen molar-refractivity contribution in [1.82, 2.24) is 10.2 Å². The maximum absolute atomic E-state index is 12.3. The highest BCUT2D eigenvalue weighted by Gasteiger charge is 2.36. The molecule has 5 heteroatoms. The second-order valence-electron chi connectivity index (χ2n) is 6.19. The molecule has 1 saturated heterocycles. The molecule has 1 saturated carbocycles. The van der Waals surface area contributed by atoms with E-state index in [1.807, 2.05) is 30.3 Å². The second kappa shape index (κ2) is 6.38. The fourth-order valence-electron chi connectivity index (χ4n) is 3.25. The summed E-state index contributed by atoms with van der Waals surface area (Å²) in [5.41, 5.74) is 0. The number of benzene rings is 1. The van der Waals surface area contributed by atoms with Gasteiger partial charge >= 0.3 is 0 Å². The first kappa shape index (κ1) is 14.9. The van der Waals surface area contributed by atoms with Crippen molar-refractivity contribution in [1.29, 1.82) is 0 Å². The number of hydrogen-bond donors (Lipinski definition) is 1. The van der Waals surface area contributed by atoms with Crippen LogP contribution in [0.15, 0.2) is 30.3 Å². The van der Waals surface area contributed by atoms with Gasteiger partial charge in [-0.1, -0.05) is 18.2 Å². The Kier molecular flexibility index (Phi) is 4.32. The summed E-state index contributed by atoms with van der Waals surface area (Å²) in [4.78, 5) is 25.5. The van der Waals surface area contributed by atoms with Gasteiger partial charge in [0.15, 0.2) is 0 Å². The molecule has 0 aromatic heterocycles. The van der Waals surface area contributed by atoms with Crippen LogP contribution in [0.25, 0.3) is 0 Å². The standard InChI is InChI=1S/C17H22N2O3/c1-19-11-12(10-16(19)20)17(21)18-14-8-5-9-15(14)22-13-6-3-2-4-7-13/h2-4,6-7,12,14-15H,5,8-11H2,1H3,(H,18,21). The van der Waals surface area contributed by atoms with E-state index in [0.717, 1.165) is 25.0 Å². The summed E-state index contributed by atoms with van der Waals surface area (Å²) >= 11 is 0. The largest absolute Gasteiger partial charge is 0.488 e. The smallest absolute Gasteiger partial charge is 0.225 e. The third-order valence-electron chi connectivity index (χ3n) is 4.52. The van der Waals surface area contributed by atoms with Crippen molar-refractivity contribution in [3.63, 3.8) is 0 Å². The SMILES string of the molecule is CN1CC(C(=O)NC2CCCC2Oc2ccccc2)CC1=O. The summed E-state index contributed by atoms with van der Waals surface area (Å²) in [6.07, 6.45) is 3.26. The average Bonchev–Trinajstić information content (AvgIpc) is 3.08. The first-order chi connectivity index (χ1) is 10.6. The van der Waals surface area contributed by atoms with Crippen LogP contribution < -0.4 is 10.1 Å². The van der Waals surface area contributed by atoms with E-state index in [0.29, 0.717) is 13.0 Å². The molecule has 3 rings (SSSR count). The van der Waals surface area contributed by atoms with Gasteiger partial charge in [-0.3, -0.25) is 9.59 Å². The van der Waals surface area contributed by atoms with E-state index in [4.69, 9.17) is 4.74 Å². The van der Waals surface area contributed by atoms with Crippen molar-refractivity contribution < 1.29 is 14.3 Å². The molecule has 22 heavy (non-hydrogen) atoms. The normalized spacial score (nSPS) is 28.0. The van der Waals surface area contributed by atoms with Crippen LogP contribution in [0.1, 0.15) is 25.7 Å². The highest BCUT2D eigenvalue weighted by Crippen LogP contribution is 2.25. The molecule has 2 amide bonds. The summed E-state index contributed by atoms with van der Waals surface area (Å²) in [7, 11) is 1.74. The molecule has 0 spiro atoms. The number of nitrogens with one attached hydrogen (secondary N) is 1. The van der Waals surface area contributed by atoms with Crippen molar-refractivity contribution in [2.45, 2.75) is 37.8 Å². The molecular formula is C17H22N2O3. The molecule has 5 nitrogen and oxygen atoms in total. The van der Waals surface area contributed by atoms with Crippen LogP contribution in [0.2, 0.25) is 0 Å². The molecule has 3 atom stereocenters. The zero-order valence-corrected chi connectivity index (χ0v) is 12.8. The lowest BCUT2D eigenvalue weighted by Gasteiger charge is -2.23. The molecule has 1 N–H and O–H groups in total. The zero-order chi connectivity index (χ0) is 15.5. The Morgan fingerprint density at radius 3 is 2.73 bits per heavy atom. The molecule has 2 fully saturated rings. The van der Waals surface area contributed by atoms with Crippen LogP contribution in [0.3, 0.4) is 0 Å². The van der Waals surface area contributed by atoms with Crippen molar-refractivity contribution in [3.05, 3.63) is 30.3 Å². The van der Waals surface area contributed by atoms with Gasteiger partial charge in [-0.25, -0.2) is 0 Å². The Morgan fingerprint density at radius 2 is 2.05 bits per heavy atom. The van der Waals surface area contributed by atoms with Crippen LogP contribution in [-0.2, 0) is 9.59 Å². The molecule has 1 aliphatic heterocycles. The van der Waals surface area contributed by atoms with Gasteiger partial charge in [0.25, 0.3) is 0 Å². The van der Waals surface area contributed by atoms with Crippen LogP contribution in [0.5, 0.6) is 5.75 Å². The fraction of sp³-hybridized carbons (Fsp3) is 0.529.